The minimum absolute atomic E-state index is 0.101. The average molecular weight is 390 g/mol. The second kappa shape index (κ2) is 9.19. The Hall–Kier alpha value is -3.41. The fourth-order valence-corrected chi connectivity index (χ4v) is 3.04. The summed E-state index contributed by atoms with van der Waals surface area (Å²) in [6.07, 6.45) is 0. The van der Waals surface area contributed by atoms with Crippen LogP contribution in [0.4, 0.5) is 23.1 Å². The number of carbonyl (C=O) groups is 1. The van der Waals surface area contributed by atoms with Crippen LogP contribution in [0.1, 0.15) is 32.0 Å². The van der Waals surface area contributed by atoms with Gasteiger partial charge in [-0.05, 0) is 44.5 Å². The lowest BCUT2D eigenvalue weighted by Crippen LogP contribution is -2.32. The molecular formula is C23H27N5O. The van der Waals surface area contributed by atoms with E-state index in [1.807, 2.05) is 55.5 Å². The van der Waals surface area contributed by atoms with E-state index in [4.69, 9.17) is 4.98 Å². The average Bonchev–Trinajstić information content (AvgIpc) is 2.66. The molecule has 3 aromatic rings. The fourth-order valence-electron chi connectivity index (χ4n) is 3.04. The Morgan fingerprint density at radius 3 is 2.41 bits per heavy atom. The molecule has 0 radical (unpaired) electrons. The van der Waals surface area contributed by atoms with Crippen molar-refractivity contribution in [3.63, 3.8) is 0 Å². The number of nitrogens with one attached hydrogen (secondary N) is 2. The van der Waals surface area contributed by atoms with E-state index in [1.54, 1.807) is 0 Å². The van der Waals surface area contributed by atoms with E-state index in [0.717, 1.165) is 23.6 Å². The van der Waals surface area contributed by atoms with Crippen LogP contribution in [0.3, 0.4) is 0 Å². The second-order valence-corrected chi connectivity index (χ2v) is 7.29. The van der Waals surface area contributed by atoms with Crippen LogP contribution in [0, 0.1) is 6.92 Å². The number of hydrogen-bond donors (Lipinski definition) is 2. The normalized spacial score (nSPS) is 10.7. The van der Waals surface area contributed by atoms with Gasteiger partial charge in [0, 0.05) is 42.6 Å². The van der Waals surface area contributed by atoms with E-state index in [0.29, 0.717) is 11.8 Å². The van der Waals surface area contributed by atoms with Gasteiger partial charge in [0.1, 0.15) is 5.82 Å². The molecule has 2 aromatic carbocycles. The highest BCUT2D eigenvalue weighted by Gasteiger charge is 2.16. The molecule has 0 atom stereocenters. The zero-order chi connectivity index (χ0) is 20.8. The van der Waals surface area contributed by atoms with Gasteiger partial charge in [-0.1, -0.05) is 36.4 Å². The molecule has 0 saturated heterocycles. The third-order valence-corrected chi connectivity index (χ3v) is 4.37. The second-order valence-electron chi connectivity index (χ2n) is 7.29. The standard InChI is InChI=1S/C23H27N5O/c1-16(2)28(15-19-9-6-5-7-10-19)23-24-17(3)13-22(27-23)26-21-12-8-11-20(14-21)25-18(4)29/h5-14,16H,15H2,1-4H3,(H,25,29)(H,24,26,27). The first-order chi connectivity index (χ1) is 13.9. The Morgan fingerprint density at radius 1 is 1.00 bits per heavy atom. The van der Waals surface area contributed by atoms with Crippen molar-refractivity contribution in [3.05, 3.63) is 71.9 Å². The first-order valence-electron chi connectivity index (χ1n) is 9.71. The summed E-state index contributed by atoms with van der Waals surface area (Å²) >= 11 is 0. The predicted octanol–water partition coefficient (Wildman–Crippen LogP) is 4.90. The third kappa shape index (κ3) is 5.78. The Bertz CT molecular complexity index is 972. The zero-order valence-electron chi connectivity index (χ0n) is 17.3. The van der Waals surface area contributed by atoms with Crippen molar-refractivity contribution in [1.82, 2.24) is 9.97 Å². The minimum atomic E-state index is -0.101. The number of amides is 1. The molecule has 0 aliphatic rings. The molecule has 150 valence electrons. The van der Waals surface area contributed by atoms with Crippen LogP contribution >= 0.6 is 0 Å². The van der Waals surface area contributed by atoms with Crippen molar-refractivity contribution in [3.8, 4) is 0 Å². The lowest BCUT2D eigenvalue weighted by atomic mass is 10.2. The van der Waals surface area contributed by atoms with E-state index < -0.39 is 0 Å². The van der Waals surface area contributed by atoms with Crippen molar-refractivity contribution in [2.75, 3.05) is 15.5 Å². The summed E-state index contributed by atoms with van der Waals surface area (Å²) in [5.41, 5.74) is 3.68. The quantitative estimate of drug-likeness (QED) is 0.601. The van der Waals surface area contributed by atoms with Crippen molar-refractivity contribution in [1.29, 1.82) is 0 Å². The molecule has 0 aliphatic heterocycles. The Labute approximate surface area is 172 Å². The lowest BCUT2D eigenvalue weighted by Gasteiger charge is -2.27. The van der Waals surface area contributed by atoms with Crippen molar-refractivity contribution in [2.24, 2.45) is 0 Å². The molecule has 0 bridgehead atoms. The van der Waals surface area contributed by atoms with Gasteiger partial charge in [0.2, 0.25) is 11.9 Å². The maximum atomic E-state index is 11.3. The van der Waals surface area contributed by atoms with Gasteiger partial charge in [-0.25, -0.2) is 4.98 Å². The highest BCUT2D eigenvalue weighted by atomic mass is 16.1. The van der Waals surface area contributed by atoms with Gasteiger partial charge in [-0.3, -0.25) is 4.79 Å². The van der Waals surface area contributed by atoms with Crippen molar-refractivity contribution >= 4 is 29.0 Å². The molecule has 1 aromatic heterocycles. The summed E-state index contributed by atoms with van der Waals surface area (Å²) < 4.78 is 0. The summed E-state index contributed by atoms with van der Waals surface area (Å²) in [6, 6.07) is 20.0. The Morgan fingerprint density at radius 2 is 1.72 bits per heavy atom. The highest BCUT2D eigenvalue weighted by molar-refractivity contribution is 5.89. The van der Waals surface area contributed by atoms with Crippen molar-refractivity contribution < 1.29 is 4.79 Å². The summed E-state index contributed by atoms with van der Waals surface area (Å²) in [4.78, 5) is 22.9. The number of hydrogen-bond acceptors (Lipinski definition) is 5. The molecule has 0 aliphatic carbocycles. The molecule has 1 amide bonds. The van der Waals surface area contributed by atoms with E-state index >= 15 is 0 Å². The molecular weight excluding hydrogens is 362 g/mol. The molecule has 2 N–H and O–H groups in total. The monoisotopic (exact) mass is 389 g/mol. The molecule has 3 rings (SSSR count). The van der Waals surface area contributed by atoms with Crippen molar-refractivity contribution in [2.45, 2.75) is 40.3 Å². The molecule has 0 unspecified atom stereocenters. The fraction of sp³-hybridized carbons (Fsp3) is 0.261. The Kier molecular flexibility index (Phi) is 6.44. The summed E-state index contributed by atoms with van der Waals surface area (Å²) in [5.74, 6) is 1.30. The zero-order valence-corrected chi connectivity index (χ0v) is 17.3. The number of carbonyl (C=O) groups excluding carboxylic acids is 1. The van der Waals surface area contributed by atoms with Crippen LogP contribution < -0.4 is 15.5 Å². The van der Waals surface area contributed by atoms with Gasteiger partial charge >= 0.3 is 0 Å². The third-order valence-electron chi connectivity index (χ3n) is 4.37. The summed E-state index contributed by atoms with van der Waals surface area (Å²) in [5, 5.41) is 6.12. The van der Waals surface area contributed by atoms with Gasteiger partial charge in [-0.15, -0.1) is 0 Å². The molecule has 0 saturated carbocycles. The maximum absolute atomic E-state index is 11.3. The highest BCUT2D eigenvalue weighted by Crippen LogP contribution is 2.23. The van der Waals surface area contributed by atoms with E-state index in [9.17, 15) is 4.79 Å². The molecule has 0 fully saturated rings. The summed E-state index contributed by atoms with van der Waals surface area (Å²) in [6.45, 7) is 8.47. The molecule has 6 nitrogen and oxygen atoms in total. The van der Waals surface area contributed by atoms with Crippen LogP contribution in [0.5, 0.6) is 0 Å². The number of benzene rings is 2. The number of rotatable bonds is 7. The van der Waals surface area contributed by atoms with Crippen LogP contribution in [0.2, 0.25) is 0 Å². The topological polar surface area (TPSA) is 70.2 Å². The first kappa shape index (κ1) is 20.3. The summed E-state index contributed by atoms with van der Waals surface area (Å²) in [7, 11) is 0. The van der Waals surface area contributed by atoms with Crippen LogP contribution in [-0.4, -0.2) is 21.9 Å². The molecule has 1 heterocycles. The van der Waals surface area contributed by atoms with E-state index in [-0.39, 0.29) is 11.9 Å². The lowest BCUT2D eigenvalue weighted by molar-refractivity contribution is -0.114. The van der Waals surface area contributed by atoms with Gasteiger partial charge in [0.15, 0.2) is 0 Å². The van der Waals surface area contributed by atoms with Crippen LogP contribution in [0.25, 0.3) is 0 Å². The van der Waals surface area contributed by atoms with E-state index in [2.05, 4.69) is 46.5 Å². The van der Waals surface area contributed by atoms with Crippen LogP contribution in [0.15, 0.2) is 60.7 Å². The largest absolute Gasteiger partial charge is 0.340 e. The predicted molar refractivity (Wildman–Crippen MR) is 119 cm³/mol. The number of nitrogens with zero attached hydrogens (tertiary/aromatic N) is 3. The smallest absolute Gasteiger partial charge is 0.228 e. The molecule has 0 spiro atoms. The van der Waals surface area contributed by atoms with Crippen LogP contribution in [-0.2, 0) is 11.3 Å². The number of aromatic nitrogens is 2. The molecule has 29 heavy (non-hydrogen) atoms. The van der Waals surface area contributed by atoms with Gasteiger partial charge in [0.25, 0.3) is 0 Å². The Balaban J connectivity index is 1.86. The van der Waals surface area contributed by atoms with Gasteiger partial charge in [0.05, 0.1) is 0 Å². The number of anilines is 4. The molecule has 6 heteroatoms. The SMILES string of the molecule is CC(=O)Nc1cccc(Nc2cc(C)nc(N(Cc3ccccc3)C(C)C)n2)c1. The maximum Gasteiger partial charge on any atom is 0.228 e. The first-order valence-corrected chi connectivity index (χ1v) is 9.71. The van der Waals surface area contributed by atoms with Gasteiger partial charge in [-0.2, -0.15) is 4.98 Å². The van der Waals surface area contributed by atoms with E-state index in [1.165, 1.54) is 12.5 Å². The minimum Gasteiger partial charge on any atom is -0.340 e. The number of aryl methyl sites for hydroxylation is 1. The van der Waals surface area contributed by atoms with Gasteiger partial charge < -0.3 is 15.5 Å².